The highest BCUT2D eigenvalue weighted by Crippen LogP contribution is 2.32. The van der Waals surface area contributed by atoms with Gasteiger partial charge in [-0.05, 0) is 36.4 Å². The maximum absolute atomic E-state index is 6.20. The molecule has 33 heavy (non-hydrogen) atoms. The van der Waals surface area contributed by atoms with Gasteiger partial charge < -0.3 is 13.6 Å². The van der Waals surface area contributed by atoms with Gasteiger partial charge in [-0.2, -0.15) is 10.2 Å². The molecule has 158 valence electrons. The van der Waals surface area contributed by atoms with Crippen LogP contribution in [0.4, 0.5) is 0 Å². The van der Waals surface area contributed by atoms with E-state index >= 15 is 0 Å². The van der Waals surface area contributed by atoms with Crippen molar-refractivity contribution in [3.05, 3.63) is 97.5 Å². The number of benzene rings is 3. The fourth-order valence-electron chi connectivity index (χ4n) is 4.18. The predicted molar refractivity (Wildman–Crippen MR) is 124 cm³/mol. The summed E-state index contributed by atoms with van der Waals surface area (Å²) in [5.74, 6) is 1.41. The van der Waals surface area contributed by atoms with E-state index in [0.29, 0.717) is 11.5 Å². The second-order valence-electron chi connectivity index (χ2n) is 7.69. The average molecular weight is 432 g/mol. The van der Waals surface area contributed by atoms with Crippen LogP contribution in [0.15, 0.2) is 106 Å². The van der Waals surface area contributed by atoms with E-state index in [4.69, 9.17) is 13.6 Å². The van der Waals surface area contributed by atoms with Crippen LogP contribution in [0.3, 0.4) is 0 Å². The van der Waals surface area contributed by atoms with E-state index in [1.165, 1.54) is 0 Å². The van der Waals surface area contributed by atoms with Crippen molar-refractivity contribution in [1.29, 1.82) is 0 Å². The van der Waals surface area contributed by atoms with Gasteiger partial charge in [0.25, 0.3) is 0 Å². The van der Waals surface area contributed by atoms with Gasteiger partial charge in [0.15, 0.2) is 11.2 Å². The monoisotopic (exact) mass is 432 g/mol. The quantitative estimate of drug-likeness (QED) is 0.318. The Labute approximate surface area is 187 Å². The summed E-state index contributed by atoms with van der Waals surface area (Å²) in [4.78, 5) is 0. The SMILES string of the molecule is c1cc(Oc2cccc(-n3ncc4oc5ccccc5c43)c2)cc(-n2ncc3occc32)c1. The largest absolute Gasteiger partial charge is 0.461 e. The second-order valence-corrected chi connectivity index (χ2v) is 7.69. The molecule has 0 aliphatic carbocycles. The van der Waals surface area contributed by atoms with Crippen molar-refractivity contribution in [2.24, 2.45) is 0 Å². The van der Waals surface area contributed by atoms with Crippen LogP contribution in [0.5, 0.6) is 11.5 Å². The molecule has 0 atom stereocenters. The van der Waals surface area contributed by atoms with E-state index in [0.717, 1.165) is 44.5 Å². The minimum Gasteiger partial charge on any atom is -0.461 e. The zero-order valence-electron chi connectivity index (χ0n) is 17.3. The van der Waals surface area contributed by atoms with E-state index in [2.05, 4.69) is 10.2 Å². The summed E-state index contributed by atoms with van der Waals surface area (Å²) in [5.41, 5.74) is 5.95. The Hall–Kier alpha value is -4.78. The summed E-state index contributed by atoms with van der Waals surface area (Å²) in [6, 6.07) is 25.5. The first-order chi connectivity index (χ1) is 16.3. The van der Waals surface area contributed by atoms with E-state index in [-0.39, 0.29) is 0 Å². The second kappa shape index (κ2) is 6.86. The fourth-order valence-corrected chi connectivity index (χ4v) is 4.18. The van der Waals surface area contributed by atoms with Gasteiger partial charge in [-0.25, -0.2) is 9.36 Å². The van der Waals surface area contributed by atoms with Gasteiger partial charge >= 0.3 is 0 Å². The summed E-state index contributed by atoms with van der Waals surface area (Å²) in [7, 11) is 0. The number of nitrogens with zero attached hydrogens (tertiary/aromatic N) is 4. The predicted octanol–water partition coefficient (Wildman–Crippen LogP) is 6.50. The number of hydrogen-bond acceptors (Lipinski definition) is 5. The third-order valence-corrected chi connectivity index (χ3v) is 5.65. The third-order valence-electron chi connectivity index (χ3n) is 5.65. The smallest absolute Gasteiger partial charge is 0.173 e. The van der Waals surface area contributed by atoms with Crippen molar-refractivity contribution in [3.8, 4) is 22.9 Å². The summed E-state index contributed by atoms with van der Waals surface area (Å²) < 4.78 is 21.2. The third kappa shape index (κ3) is 2.83. The first kappa shape index (κ1) is 17.9. The lowest BCUT2D eigenvalue weighted by molar-refractivity contribution is 0.482. The number of hydrogen-bond donors (Lipinski definition) is 0. The van der Waals surface area contributed by atoms with Crippen molar-refractivity contribution in [3.63, 3.8) is 0 Å². The van der Waals surface area contributed by atoms with Gasteiger partial charge in [-0.15, -0.1) is 0 Å². The molecule has 0 fully saturated rings. The summed E-state index contributed by atoms with van der Waals surface area (Å²) >= 11 is 0. The standard InChI is InChI=1S/C26H16N4O3/c1-2-10-23-21(9-1)26-25(33-23)16-28-30(26)18-6-4-8-20(14-18)32-19-7-3-5-17(13-19)29-22-11-12-31-24(22)15-27-29/h1-16H. The molecule has 0 saturated carbocycles. The van der Waals surface area contributed by atoms with Crippen LogP contribution in [-0.4, -0.2) is 19.6 Å². The van der Waals surface area contributed by atoms with E-state index in [9.17, 15) is 0 Å². The Balaban J connectivity index is 1.25. The molecule has 3 aromatic carbocycles. The van der Waals surface area contributed by atoms with Gasteiger partial charge in [-0.1, -0.05) is 24.3 Å². The fraction of sp³-hybridized carbons (Fsp3) is 0. The molecule has 0 N–H and O–H groups in total. The lowest BCUT2D eigenvalue weighted by Crippen LogP contribution is -1.97. The molecule has 0 radical (unpaired) electrons. The highest BCUT2D eigenvalue weighted by Gasteiger charge is 2.14. The Morgan fingerprint density at radius 2 is 1.39 bits per heavy atom. The normalized spacial score (nSPS) is 11.6. The summed E-state index contributed by atoms with van der Waals surface area (Å²) in [6.45, 7) is 0. The molecule has 0 unspecified atom stereocenters. The highest BCUT2D eigenvalue weighted by molar-refractivity contribution is 6.03. The van der Waals surface area contributed by atoms with Crippen LogP contribution < -0.4 is 4.74 Å². The first-order valence-corrected chi connectivity index (χ1v) is 10.5. The maximum atomic E-state index is 6.20. The van der Waals surface area contributed by atoms with E-state index in [1.54, 1.807) is 18.7 Å². The summed E-state index contributed by atoms with van der Waals surface area (Å²) in [5, 5.41) is 9.98. The van der Waals surface area contributed by atoms with Crippen molar-refractivity contribution in [2.75, 3.05) is 0 Å². The number of aromatic nitrogens is 4. The number of rotatable bonds is 4. The van der Waals surface area contributed by atoms with Crippen LogP contribution in [-0.2, 0) is 0 Å². The van der Waals surface area contributed by atoms with Crippen molar-refractivity contribution in [1.82, 2.24) is 19.6 Å². The molecule has 4 aromatic heterocycles. The Kier molecular flexibility index (Phi) is 3.71. The molecule has 0 aliphatic heterocycles. The van der Waals surface area contributed by atoms with E-state index in [1.807, 2.05) is 88.2 Å². The molecule has 0 bridgehead atoms. The number of ether oxygens (including phenoxy) is 1. The molecule has 0 spiro atoms. The van der Waals surface area contributed by atoms with Gasteiger partial charge in [-0.3, -0.25) is 0 Å². The lowest BCUT2D eigenvalue weighted by Gasteiger charge is -2.10. The highest BCUT2D eigenvalue weighted by atomic mass is 16.5. The molecule has 0 amide bonds. The van der Waals surface area contributed by atoms with Crippen molar-refractivity contribution < 1.29 is 13.6 Å². The summed E-state index contributed by atoms with van der Waals surface area (Å²) in [6.07, 6.45) is 5.11. The molecule has 4 heterocycles. The molecule has 7 nitrogen and oxygen atoms in total. The van der Waals surface area contributed by atoms with Gasteiger partial charge in [0.05, 0.1) is 30.0 Å². The Morgan fingerprint density at radius 1 is 0.667 bits per heavy atom. The number of fused-ring (bicyclic) bond motifs is 4. The van der Waals surface area contributed by atoms with Crippen LogP contribution in [0, 0.1) is 0 Å². The van der Waals surface area contributed by atoms with Crippen LogP contribution in [0.25, 0.3) is 44.5 Å². The number of para-hydroxylation sites is 1. The lowest BCUT2D eigenvalue weighted by atomic mass is 10.2. The van der Waals surface area contributed by atoms with Crippen LogP contribution in [0.2, 0.25) is 0 Å². The molecule has 0 aliphatic rings. The zero-order chi connectivity index (χ0) is 21.8. The number of furan rings is 2. The van der Waals surface area contributed by atoms with Crippen LogP contribution in [0.1, 0.15) is 0 Å². The van der Waals surface area contributed by atoms with Crippen molar-refractivity contribution in [2.45, 2.75) is 0 Å². The maximum Gasteiger partial charge on any atom is 0.173 e. The molecular formula is C26H16N4O3. The Morgan fingerprint density at radius 3 is 2.24 bits per heavy atom. The molecule has 7 aromatic rings. The van der Waals surface area contributed by atoms with Crippen LogP contribution >= 0.6 is 0 Å². The minimum absolute atomic E-state index is 0.704. The first-order valence-electron chi connectivity index (χ1n) is 10.5. The van der Waals surface area contributed by atoms with Gasteiger partial charge in [0.2, 0.25) is 0 Å². The zero-order valence-corrected chi connectivity index (χ0v) is 17.3. The van der Waals surface area contributed by atoms with E-state index < -0.39 is 0 Å². The minimum atomic E-state index is 0.704. The average Bonchev–Trinajstić information content (AvgIpc) is 3.60. The molecule has 7 rings (SSSR count). The molecule has 0 saturated heterocycles. The molecule has 7 heteroatoms. The van der Waals surface area contributed by atoms with Crippen molar-refractivity contribution >= 4 is 33.2 Å². The molecular weight excluding hydrogens is 416 g/mol. The van der Waals surface area contributed by atoms with Gasteiger partial charge in [0.1, 0.15) is 28.1 Å². The van der Waals surface area contributed by atoms with Gasteiger partial charge in [0, 0.05) is 23.6 Å². The topological polar surface area (TPSA) is 71.2 Å². The Bertz CT molecular complexity index is 1770.